The van der Waals surface area contributed by atoms with Gasteiger partial charge >= 0.3 is 0 Å². The summed E-state index contributed by atoms with van der Waals surface area (Å²) in [5.74, 6) is 0.902. The highest BCUT2D eigenvalue weighted by atomic mass is 14.9. The monoisotopic (exact) mass is 190 g/mol. The van der Waals surface area contributed by atoms with Crippen LogP contribution in [-0.2, 0) is 6.54 Å². The highest BCUT2D eigenvalue weighted by Gasteiger charge is 2.23. The summed E-state index contributed by atoms with van der Waals surface area (Å²) in [6.45, 7) is 3.19. The first kappa shape index (κ1) is 9.66. The van der Waals surface area contributed by atoms with Crippen LogP contribution in [0.5, 0.6) is 0 Å². The second kappa shape index (κ2) is 4.56. The number of nitrogens with zero attached hydrogens (tertiary/aromatic N) is 1. The molecule has 2 heteroatoms. The summed E-state index contributed by atoms with van der Waals surface area (Å²) in [5, 5.41) is 3.54. The normalized spacial score (nSPS) is 18.9. The smallest absolute Gasteiger partial charge is 0.0541 e. The zero-order valence-corrected chi connectivity index (χ0v) is 8.74. The van der Waals surface area contributed by atoms with E-state index in [4.69, 9.17) is 0 Å². The van der Waals surface area contributed by atoms with Crippen molar-refractivity contribution >= 4 is 0 Å². The number of pyridine rings is 1. The van der Waals surface area contributed by atoms with Crippen LogP contribution in [0.3, 0.4) is 0 Å². The zero-order chi connectivity index (χ0) is 9.80. The SMILES string of the molecule is CC(NCc1ccccn1)C1CCC1. The van der Waals surface area contributed by atoms with Crippen LogP contribution in [-0.4, -0.2) is 11.0 Å². The van der Waals surface area contributed by atoms with Crippen LogP contribution in [0, 0.1) is 5.92 Å². The third-order valence-corrected chi connectivity index (χ3v) is 3.19. The van der Waals surface area contributed by atoms with Gasteiger partial charge in [0.1, 0.15) is 0 Å². The average molecular weight is 190 g/mol. The highest BCUT2D eigenvalue weighted by Crippen LogP contribution is 2.29. The number of aromatic nitrogens is 1. The van der Waals surface area contributed by atoms with E-state index in [0.29, 0.717) is 6.04 Å². The molecule has 0 amide bonds. The summed E-state index contributed by atoms with van der Waals surface area (Å²) >= 11 is 0. The largest absolute Gasteiger partial charge is 0.308 e. The molecule has 0 bridgehead atoms. The predicted molar refractivity (Wildman–Crippen MR) is 57.9 cm³/mol. The van der Waals surface area contributed by atoms with Crippen LogP contribution in [0.2, 0.25) is 0 Å². The van der Waals surface area contributed by atoms with Gasteiger partial charge in [0.2, 0.25) is 0 Å². The average Bonchev–Trinajstić information content (AvgIpc) is 2.14. The van der Waals surface area contributed by atoms with Crippen LogP contribution in [0.1, 0.15) is 31.9 Å². The van der Waals surface area contributed by atoms with Crippen LogP contribution in [0.4, 0.5) is 0 Å². The van der Waals surface area contributed by atoms with E-state index in [-0.39, 0.29) is 0 Å². The molecule has 0 aromatic carbocycles. The number of rotatable bonds is 4. The second-order valence-electron chi connectivity index (χ2n) is 4.18. The van der Waals surface area contributed by atoms with E-state index in [1.807, 2.05) is 18.3 Å². The summed E-state index contributed by atoms with van der Waals surface area (Å²) in [5.41, 5.74) is 1.14. The fraction of sp³-hybridized carbons (Fsp3) is 0.583. The first-order valence-electron chi connectivity index (χ1n) is 5.49. The molecule has 0 saturated heterocycles. The van der Waals surface area contributed by atoms with Gasteiger partial charge in [0.05, 0.1) is 5.69 Å². The van der Waals surface area contributed by atoms with Gasteiger partial charge in [0.25, 0.3) is 0 Å². The van der Waals surface area contributed by atoms with Gasteiger partial charge in [-0.3, -0.25) is 4.98 Å². The molecule has 0 spiro atoms. The third kappa shape index (κ3) is 2.32. The lowest BCUT2D eigenvalue weighted by Crippen LogP contribution is -2.36. The molecule has 1 heterocycles. The Bertz CT molecular complexity index is 267. The molecule has 1 fully saturated rings. The fourth-order valence-electron chi connectivity index (χ4n) is 1.87. The molecule has 76 valence electrons. The Hall–Kier alpha value is -0.890. The number of hydrogen-bond acceptors (Lipinski definition) is 2. The Labute approximate surface area is 85.7 Å². The van der Waals surface area contributed by atoms with Crippen molar-refractivity contribution in [3.63, 3.8) is 0 Å². The van der Waals surface area contributed by atoms with Crippen molar-refractivity contribution < 1.29 is 0 Å². The Morgan fingerprint density at radius 2 is 2.36 bits per heavy atom. The highest BCUT2D eigenvalue weighted by molar-refractivity contribution is 5.03. The summed E-state index contributed by atoms with van der Waals surface area (Å²) in [6, 6.07) is 6.71. The first-order valence-corrected chi connectivity index (χ1v) is 5.49. The molecule has 1 aromatic rings. The first-order chi connectivity index (χ1) is 6.86. The van der Waals surface area contributed by atoms with Crippen molar-refractivity contribution in [1.29, 1.82) is 0 Å². The van der Waals surface area contributed by atoms with Crippen LogP contribution in [0.25, 0.3) is 0 Å². The maximum absolute atomic E-state index is 4.29. The minimum absolute atomic E-state index is 0.644. The molecule has 1 aliphatic carbocycles. The van der Waals surface area contributed by atoms with Crippen molar-refractivity contribution in [2.24, 2.45) is 5.92 Å². The standard InChI is InChI=1S/C12H18N2/c1-10(11-5-4-6-11)14-9-12-7-2-3-8-13-12/h2-3,7-8,10-11,14H,4-6,9H2,1H3. The summed E-state index contributed by atoms with van der Waals surface area (Å²) in [4.78, 5) is 4.29. The Morgan fingerprint density at radius 3 is 2.93 bits per heavy atom. The van der Waals surface area contributed by atoms with Crippen molar-refractivity contribution in [1.82, 2.24) is 10.3 Å². The van der Waals surface area contributed by atoms with Crippen LogP contribution < -0.4 is 5.32 Å². The topological polar surface area (TPSA) is 24.9 Å². The van der Waals surface area contributed by atoms with E-state index < -0.39 is 0 Å². The lowest BCUT2D eigenvalue weighted by molar-refractivity contribution is 0.239. The zero-order valence-electron chi connectivity index (χ0n) is 8.74. The summed E-state index contributed by atoms with van der Waals surface area (Å²) in [6.07, 6.45) is 6.07. The quantitative estimate of drug-likeness (QED) is 0.788. The van der Waals surface area contributed by atoms with Gasteiger partial charge in [-0.25, -0.2) is 0 Å². The van der Waals surface area contributed by atoms with Gasteiger partial charge < -0.3 is 5.32 Å². The van der Waals surface area contributed by atoms with E-state index >= 15 is 0 Å². The molecule has 1 saturated carbocycles. The van der Waals surface area contributed by atoms with E-state index in [9.17, 15) is 0 Å². The van der Waals surface area contributed by atoms with Gasteiger partial charge in [-0.2, -0.15) is 0 Å². The van der Waals surface area contributed by atoms with E-state index in [0.717, 1.165) is 18.2 Å². The summed E-state index contributed by atoms with van der Waals surface area (Å²) in [7, 11) is 0. The minimum atomic E-state index is 0.644. The molecule has 0 radical (unpaired) electrons. The second-order valence-corrected chi connectivity index (χ2v) is 4.18. The molecule has 1 N–H and O–H groups in total. The molecule has 0 aliphatic heterocycles. The van der Waals surface area contributed by atoms with Crippen molar-refractivity contribution in [2.75, 3.05) is 0 Å². The van der Waals surface area contributed by atoms with E-state index in [1.165, 1.54) is 19.3 Å². The molecule has 1 aromatic heterocycles. The van der Waals surface area contributed by atoms with Crippen molar-refractivity contribution in [3.05, 3.63) is 30.1 Å². The number of hydrogen-bond donors (Lipinski definition) is 1. The molecule has 1 atom stereocenters. The Morgan fingerprint density at radius 1 is 1.50 bits per heavy atom. The molecule has 1 aliphatic rings. The Kier molecular flexibility index (Phi) is 3.14. The van der Waals surface area contributed by atoms with Crippen molar-refractivity contribution in [3.8, 4) is 0 Å². The molecule has 14 heavy (non-hydrogen) atoms. The third-order valence-electron chi connectivity index (χ3n) is 3.19. The van der Waals surface area contributed by atoms with E-state index in [2.05, 4.69) is 23.3 Å². The molecular formula is C12H18N2. The van der Waals surface area contributed by atoms with Gasteiger partial charge in [0.15, 0.2) is 0 Å². The molecule has 1 unspecified atom stereocenters. The molecule has 2 rings (SSSR count). The van der Waals surface area contributed by atoms with Crippen LogP contribution >= 0.6 is 0 Å². The maximum atomic E-state index is 4.29. The maximum Gasteiger partial charge on any atom is 0.0541 e. The van der Waals surface area contributed by atoms with Crippen LogP contribution in [0.15, 0.2) is 24.4 Å². The minimum Gasteiger partial charge on any atom is -0.308 e. The number of nitrogens with one attached hydrogen (secondary N) is 1. The lowest BCUT2D eigenvalue weighted by Gasteiger charge is -2.31. The van der Waals surface area contributed by atoms with Gasteiger partial charge in [-0.1, -0.05) is 12.5 Å². The van der Waals surface area contributed by atoms with Gasteiger partial charge in [0, 0.05) is 18.8 Å². The van der Waals surface area contributed by atoms with Crippen molar-refractivity contribution in [2.45, 2.75) is 38.8 Å². The summed E-state index contributed by atoms with van der Waals surface area (Å²) < 4.78 is 0. The fourth-order valence-corrected chi connectivity index (χ4v) is 1.87. The van der Waals surface area contributed by atoms with Gasteiger partial charge in [-0.05, 0) is 37.8 Å². The predicted octanol–water partition coefficient (Wildman–Crippen LogP) is 2.36. The lowest BCUT2D eigenvalue weighted by atomic mass is 9.80. The van der Waals surface area contributed by atoms with Gasteiger partial charge in [-0.15, -0.1) is 0 Å². The Balaban J connectivity index is 1.76. The molecular weight excluding hydrogens is 172 g/mol. The molecule has 2 nitrogen and oxygen atoms in total. The van der Waals surface area contributed by atoms with E-state index in [1.54, 1.807) is 0 Å².